The zero-order valence-electron chi connectivity index (χ0n) is 14.2. The molecule has 25 heavy (non-hydrogen) atoms. The summed E-state index contributed by atoms with van der Waals surface area (Å²) in [5.74, 6) is 1.94. The molecule has 0 saturated carbocycles. The lowest BCUT2D eigenvalue weighted by atomic mass is 10.2. The minimum Gasteiger partial charge on any atom is -0.495 e. The lowest BCUT2D eigenvalue weighted by molar-refractivity contribution is -0.118. The van der Waals surface area contributed by atoms with Gasteiger partial charge in [0.15, 0.2) is 0 Å². The number of nitrogens with one attached hydrogen (secondary N) is 1. The third-order valence-electron chi connectivity index (χ3n) is 4.16. The molecule has 1 aliphatic rings. The van der Waals surface area contributed by atoms with E-state index in [1.807, 2.05) is 19.1 Å². The fraction of sp³-hybridized carbons (Fsp3) is 0.353. The molecule has 7 nitrogen and oxygen atoms in total. The van der Waals surface area contributed by atoms with Gasteiger partial charge >= 0.3 is 0 Å². The van der Waals surface area contributed by atoms with Gasteiger partial charge in [-0.15, -0.1) is 0 Å². The lowest BCUT2D eigenvalue weighted by Crippen LogP contribution is -2.46. The summed E-state index contributed by atoms with van der Waals surface area (Å²) in [7, 11) is 1.59. The van der Waals surface area contributed by atoms with Crippen molar-refractivity contribution in [2.75, 3.05) is 43.5 Å². The summed E-state index contributed by atoms with van der Waals surface area (Å²) in [6, 6.07) is 5.54. The highest BCUT2D eigenvalue weighted by Crippen LogP contribution is 2.32. The van der Waals surface area contributed by atoms with Gasteiger partial charge in [0.2, 0.25) is 12.4 Å². The van der Waals surface area contributed by atoms with E-state index in [0.29, 0.717) is 29.8 Å². The Hall–Kier alpha value is -2.54. The van der Waals surface area contributed by atoms with Crippen LogP contribution in [0.15, 0.2) is 24.4 Å². The maximum Gasteiger partial charge on any atom is 0.229 e. The summed E-state index contributed by atoms with van der Waals surface area (Å²) in [6.07, 6.45) is 2.60. The molecule has 1 aromatic carbocycles. The van der Waals surface area contributed by atoms with Crippen LogP contribution in [-0.2, 0) is 4.79 Å². The molecule has 2 aromatic rings. The van der Waals surface area contributed by atoms with Crippen molar-refractivity contribution in [3.63, 3.8) is 0 Å². The number of carbonyl (C=O) groups excluding carboxylic acids is 1. The Morgan fingerprint density at radius 2 is 2.04 bits per heavy atom. The predicted octanol–water partition coefficient (Wildman–Crippen LogP) is 2.47. The number of anilines is 3. The molecule has 1 N–H and O–H groups in total. The van der Waals surface area contributed by atoms with Gasteiger partial charge in [-0.05, 0) is 24.6 Å². The molecule has 2 heterocycles. The fourth-order valence-electron chi connectivity index (χ4n) is 2.69. The van der Waals surface area contributed by atoms with Crippen molar-refractivity contribution in [2.45, 2.75) is 6.92 Å². The van der Waals surface area contributed by atoms with Gasteiger partial charge in [-0.1, -0.05) is 11.6 Å². The van der Waals surface area contributed by atoms with E-state index < -0.39 is 0 Å². The summed E-state index contributed by atoms with van der Waals surface area (Å²) in [4.78, 5) is 23.6. The van der Waals surface area contributed by atoms with Gasteiger partial charge in [-0.25, -0.2) is 4.98 Å². The van der Waals surface area contributed by atoms with E-state index in [9.17, 15) is 4.79 Å². The molecule has 0 unspecified atom stereocenters. The number of ether oxygens (including phenoxy) is 1. The van der Waals surface area contributed by atoms with E-state index in [0.717, 1.165) is 36.6 Å². The largest absolute Gasteiger partial charge is 0.495 e. The van der Waals surface area contributed by atoms with Gasteiger partial charge in [0.1, 0.15) is 11.6 Å². The van der Waals surface area contributed by atoms with Crippen molar-refractivity contribution in [3.05, 3.63) is 35.0 Å². The Labute approximate surface area is 151 Å². The predicted molar refractivity (Wildman–Crippen MR) is 97.9 cm³/mol. The smallest absolute Gasteiger partial charge is 0.229 e. The first-order valence-electron chi connectivity index (χ1n) is 7.99. The van der Waals surface area contributed by atoms with Gasteiger partial charge < -0.3 is 19.9 Å². The summed E-state index contributed by atoms with van der Waals surface area (Å²) in [5.41, 5.74) is 1.69. The van der Waals surface area contributed by atoms with E-state index in [1.165, 1.54) is 0 Å². The Morgan fingerprint density at radius 1 is 1.28 bits per heavy atom. The second-order valence-electron chi connectivity index (χ2n) is 5.79. The molecule has 1 amide bonds. The van der Waals surface area contributed by atoms with Crippen molar-refractivity contribution in [2.24, 2.45) is 0 Å². The van der Waals surface area contributed by atoms with Crippen LogP contribution in [0, 0.1) is 6.92 Å². The number of piperazine rings is 1. The summed E-state index contributed by atoms with van der Waals surface area (Å²) in [6.45, 7) is 4.81. The van der Waals surface area contributed by atoms with Crippen molar-refractivity contribution >= 4 is 35.5 Å². The number of methoxy groups -OCH3 is 1. The van der Waals surface area contributed by atoms with Crippen LogP contribution in [0.2, 0.25) is 5.02 Å². The number of aryl methyl sites for hydroxylation is 1. The topological polar surface area (TPSA) is 70.6 Å². The monoisotopic (exact) mass is 361 g/mol. The standard InChI is InChI=1S/C17H20ClN5O2/c1-12-9-14(15(25-2)10-13(12)18)20-17-19-4-3-16(21-17)23-7-5-22(11-24)6-8-23/h3-4,9-11H,5-8H2,1-2H3,(H,19,20,21). The van der Waals surface area contributed by atoms with Crippen LogP contribution in [0.1, 0.15) is 5.56 Å². The van der Waals surface area contributed by atoms with Crippen LogP contribution in [-0.4, -0.2) is 54.6 Å². The number of hydrogen-bond donors (Lipinski definition) is 1. The highest BCUT2D eigenvalue weighted by Gasteiger charge is 2.17. The maximum absolute atomic E-state index is 10.8. The number of carbonyl (C=O) groups is 1. The molecule has 0 aliphatic carbocycles. The van der Waals surface area contributed by atoms with E-state index >= 15 is 0 Å². The van der Waals surface area contributed by atoms with Gasteiger partial charge in [-0.2, -0.15) is 4.98 Å². The van der Waals surface area contributed by atoms with Crippen LogP contribution in [0.5, 0.6) is 5.75 Å². The average molecular weight is 362 g/mol. The van der Waals surface area contributed by atoms with Gasteiger partial charge in [0, 0.05) is 43.5 Å². The Kier molecular flexibility index (Phi) is 5.23. The number of rotatable bonds is 5. The van der Waals surface area contributed by atoms with Crippen LogP contribution in [0.4, 0.5) is 17.5 Å². The van der Waals surface area contributed by atoms with E-state index in [1.54, 1.807) is 24.3 Å². The van der Waals surface area contributed by atoms with Crippen LogP contribution in [0.25, 0.3) is 0 Å². The first-order chi connectivity index (χ1) is 12.1. The zero-order chi connectivity index (χ0) is 17.8. The molecule has 0 atom stereocenters. The molecule has 0 radical (unpaired) electrons. The Morgan fingerprint density at radius 3 is 2.72 bits per heavy atom. The van der Waals surface area contributed by atoms with Gasteiger partial charge in [0.25, 0.3) is 0 Å². The van der Waals surface area contributed by atoms with Gasteiger partial charge in [0.05, 0.1) is 12.8 Å². The highest BCUT2D eigenvalue weighted by molar-refractivity contribution is 6.31. The third kappa shape index (κ3) is 3.93. The molecule has 0 spiro atoms. The first kappa shape index (κ1) is 17.3. The maximum atomic E-state index is 10.8. The molecular formula is C17H20ClN5O2. The normalized spacial score (nSPS) is 14.4. The molecule has 3 rings (SSSR count). The zero-order valence-corrected chi connectivity index (χ0v) is 15.0. The van der Waals surface area contributed by atoms with Crippen molar-refractivity contribution < 1.29 is 9.53 Å². The van der Waals surface area contributed by atoms with Crippen LogP contribution >= 0.6 is 11.6 Å². The molecular weight excluding hydrogens is 342 g/mol. The number of benzene rings is 1. The second-order valence-corrected chi connectivity index (χ2v) is 6.20. The summed E-state index contributed by atoms with van der Waals surface area (Å²) >= 11 is 6.14. The molecule has 8 heteroatoms. The van der Waals surface area contributed by atoms with Crippen molar-refractivity contribution in [1.82, 2.24) is 14.9 Å². The Bertz CT molecular complexity index is 763. The van der Waals surface area contributed by atoms with E-state index in [2.05, 4.69) is 20.2 Å². The first-order valence-corrected chi connectivity index (χ1v) is 8.37. The number of amides is 1. The summed E-state index contributed by atoms with van der Waals surface area (Å²) in [5, 5.41) is 3.84. The Balaban J connectivity index is 1.79. The number of halogens is 1. The molecule has 0 bridgehead atoms. The SMILES string of the molecule is COc1cc(Cl)c(C)cc1Nc1nccc(N2CCN(C=O)CC2)n1. The van der Waals surface area contributed by atoms with Crippen molar-refractivity contribution in [3.8, 4) is 5.75 Å². The number of nitrogens with zero attached hydrogens (tertiary/aromatic N) is 4. The fourth-order valence-corrected chi connectivity index (χ4v) is 2.85. The van der Waals surface area contributed by atoms with Gasteiger partial charge in [-0.3, -0.25) is 4.79 Å². The van der Waals surface area contributed by atoms with E-state index in [4.69, 9.17) is 16.3 Å². The second kappa shape index (κ2) is 7.57. The third-order valence-corrected chi connectivity index (χ3v) is 4.56. The lowest BCUT2D eigenvalue weighted by Gasteiger charge is -2.33. The minimum atomic E-state index is 0.482. The average Bonchev–Trinajstić information content (AvgIpc) is 2.65. The molecule has 132 valence electrons. The summed E-state index contributed by atoms with van der Waals surface area (Å²) < 4.78 is 5.37. The molecule has 1 aromatic heterocycles. The number of hydrogen-bond acceptors (Lipinski definition) is 6. The van der Waals surface area contributed by atoms with E-state index in [-0.39, 0.29) is 0 Å². The van der Waals surface area contributed by atoms with Crippen molar-refractivity contribution in [1.29, 1.82) is 0 Å². The minimum absolute atomic E-state index is 0.482. The highest BCUT2D eigenvalue weighted by atomic mass is 35.5. The molecule has 1 aliphatic heterocycles. The molecule has 1 fully saturated rings. The van der Waals surface area contributed by atoms with Crippen LogP contribution in [0.3, 0.4) is 0 Å². The molecule has 1 saturated heterocycles. The van der Waals surface area contributed by atoms with Crippen LogP contribution < -0.4 is 15.0 Å². The quantitative estimate of drug-likeness (QED) is 0.825. The number of aromatic nitrogens is 2.